The van der Waals surface area contributed by atoms with E-state index >= 15 is 0 Å². The lowest BCUT2D eigenvalue weighted by Gasteiger charge is -2.04. The largest absolute Gasteiger partial charge is 0.456 e. The molecule has 0 saturated carbocycles. The van der Waals surface area contributed by atoms with Crippen LogP contribution in [0.5, 0.6) is 0 Å². The average molecular weight is 403 g/mol. The maximum atomic E-state index is 6.22. The van der Waals surface area contributed by atoms with E-state index in [2.05, 4.69) is 9.98 Å². The maximum absolute atomic E-state index is 6.22. The van der Waals surface area contributed by atoms with Crippen molar-refractivity contribution in [2.24, 2.45) is 32.9 Å². The van der Waals surface area contributed by atoms with E-state index < -0.39 is 0 Å². The minimum absolute atomic E-state index is 0.0639. The minimum Gasteiger partial charge on any atom is -0.456 e. The summed E-state index contributed by atoms with van der Waals surface area (Å²) in [7, 11) is 0. The van der Waals surface area contributed by atoms with Gasteiger partial charge < -0.3 is 27.4 Å². The van der Waals surface area contributed by atoms with Gasteiger partial charge in [0.2, 0.25) is 0 Å². The molecule has 0 saturated heterocycles. The Labute approximate surface area is 165 Å². The molecule has 0 aliphatic heterocycles. The topological polar surface area (TPSA) is 142 Å². The number of rotatable bonds is 4. The third-order valence-electron chi connectivity index (χ3n) is 3.57. The van der Waals surface area contributed by atoms with Crippen LogP contribution in [-0.4, -0.2) is 11.9 Å². The molecule has 0 radical (unpaired) electrons. The van der Waals surface area contributed by atoms with Gasteiger partial charge >= 0.3 is 0 Å². The van der Waals surface area contributed by atoms with E-state index in [9.17, 15) is 0 Å². The monoisotopic (exact) mass is 402 g/mol. The molecule has 0 atom stereocenters. The lowest BCUT2D eigenvalue weighted by molar-refractivity contribution is 0.597. The van der Waals surface area contributed by atoms with Crippen LogP contribution in [0, 0.1) is 0 Å². The molecule has 0 spiro atoms. The van der Waals surface area contributed by atoms with Gasteiger partial charge in [-0.1, -0.05) is 23.2 Å². The van der Waals surface area contributed by atoms with Crippen molar-refractivity contribution in [1.82, 2.24) is 0 Å². The maximum Gasteiger partial charge on any atom is 0.191 e. The van der Waals surface area contributed by atoms with Crippen molar-refractivity contribution in [3.05, 3.63) is 58.6 Å². The minimum atomic E-state index is -0.0639. The number of nitrogens with two attached hydrogens (primary N) is 4. The Morgan fingerprint density at radius 2 is 1.07 bits per heavy atom. The first kappa shape index (κ1) is 18.6. The highest BCUT2D eigenvalue weighted by molar-refractivity contribution is 6.33. The summed E-state index contributed by atoms with van der Waals surface area (Å²) in [5, 5.41) is 0.812. The molecule has 0 fully saturated rings. The lowest BCUT2D eigenvalue weighted by Crippen LogP contribution is -2.21. The van der Waals surface area contributed by atoms with Crippen molar-refractivity contribution in [3.8, 4) is 22.6 Å². The molecule has 0 unspecified atom stereocenters. The Balaban J connectivity index is 1.91. The molecule has 0 bridgehead atoms. The standard InChI is InChI=1S/C18H16Cl2N6O/c19-11-7-9(1-3-13(11)25-17(21)22)15-5-6-16(27-15)10-2-4-14(12(20)8-10)26-18(23)24/h1-8H,(H4,21,22,25)(H4,23,24,26). The van der Waals surface area contributed by atoms with Crippen LogP contribution in [0.15, 0.2) is 62.9 Å². The molecular weight excluding hydrogens is 387 g/mol. The summed E-state index contributed by atoms with van der Waals surface area (Å²) in [6.07, 6.45) is 0. The number of hydrogen-bond donors (Lipinski definition) is 4. The first-order valence-corrected chi connectivity index (χ1v) is 8.48. The Morgan fingerprint density at radius 1 is 0.667 bits per heavy atom. The Bertz CT molecular complexity index is 968. The van der Waals surface area contributed by atoms with Crippen LogP contribution in [0.2, 0.25) is 10.0 Å². The van der Waals surface area contributed by atoms with Crippen molar-refractivity contribution in [2.75, 3.05) is 0 Å². The summed E-state index contributed by atoms with van der Waals surface area (Å²) >= 11 is 12.4. The zero-order valence-corrected chi connectivity index (χ0v) is 15.5. The van der Waals surface area contributed by atoms with E-state index in [-0.39, 0.29) is 11.9 Å². The molecule has 138 valence electrons. The number of hydrogen-bond acceptors (Lipinski definition) is 3. The molecule has 3 rings (SSSR count). The molecular formula is C18H16Cl2N6O. The molecule has 8 N–H and O–H groups in total. The van der Waals surface area contributed by atoms with Crippen molar-refractivity contribution in [1.29, 1.82) is 0 Å². The fourth-order valence-corrected chi connectivity index (χ4v) is 2.87. The average Bonchev–Trinajstić information content (AvgIpc) is 3.08. The third kappa shape index (κ3) is 4.33. The van der Waals surface area contributed by atoms with Crippen molar-refractivity contribution >= 4 is 46.5 Å². The first-order chi connectivity index (χ1) is 12.8. The predicted octanol–water partition coefficient (Wildman–Crippen LogP) is 3.73. The van der Waals surface area contributed by atoms with Crippen LogP contribution < -0.4 is 22.9 Å². The second-order valence-electron chi connectivity index (χ2n) is 5.57. The Morgan fingerprint density at radius 3 is 1.41 bits per heavy atom. The highest BCUT2D eigenvalue weighted by Crippen LogP contribution is 2.35. The number of aliphatic imine (C=N–C) groups is 2. The normalized spacial score (nSPS) is 10.4. The second-order valence-corrected chi connectivity index (χ2v) is 6.38. The highest BCUT2D eigenvalue weighted by atomic mass is 35.5. The van der Waals surface area contributed by atoms with Crippen LogP contribution >= 0.6 is 23.2 Å². The van der Waals surface area contributed by atoms with E-state index in [0.29, 0.717) is 32.9 Å². The molecule has 0 amide bonds. The van der Waals surface area contributed by atoms with Crippen molar-refractivity contribution in [3.63, 3.8) is 0 Å². The van der Waals surface area contributed by atoms with Gasteiger partial charge in [-0.15, -0.1) is 0 Å². The van der Waals surface area contributed by atoms with Crippen LogP contribution in [-0.2, 0) is 0 Å². The van der Waals surface area contributed by atoms with Gasteiger partial charge in [0.05, 0.1) is 21.4 Å². The van der Waals surface area contributed by atoms with Gasteiger partial charge in [0, 0.05) is 11.1 Å². The fraction of sp³-hybridized carbons (Fsp3) is 0. The highest BCUT2D eigenvalue weighted by Gasteiger charge is 2.11. The molecule has 0 aliphatic carbocycles. The quantitative estimate of drug-likeness (QED) is 0.388. The van der Waals surface area contributed by atoms with Crippen LogP contribution in [0.1, 0.15) is 0 Å². The number of furan rings is 1. The number of guanidine groups is 2. The van der Waals surface area contributed by atoms with Gasteiger partial charge in [-0.2, -0.15) is 0 Å². The van der Waals surface area contributed by atoms with E-state index in [1.54, 1.807) is 24.3 Å². The Kier molecular flexibility index (Phi) is 5.25. The zero-order valence-electron chi connectivity index (χ0n) is 14.0. The number of halogens is 2. The fourth-order valence-electron chi connectivity index (χ4n) is 2.43. The molecule has 3 aromatic rings. The van der Waals surface area contributed by atoms with Crippen molar-refractivity contribution in [2.45, 2.75) is 0 Å². The van der Waals surface area contributed by atoms with Gasteiger partial charge in [-0.3, -0.25) is 0 Å². The van der Waals surface area contributed by atoms with Crippen LogP contribution in [0.25, 0.3) is 22.6 Å². The summed E-state index contributed by atoms with van der Waals surface area (Å²) in [5.41, 5.74) is 24.0. The number of nitrogens with zero attached hydrogens (tertiary/aromatic N) is 2. The molecule has 1 heterocycles. The predicted molar refractivity (Wildman–Crippen MR) is 111 cm³/mol. The summed E-state index contributed by atoms with van der Waals surface area (Å²) in [4.78, 5) is 7.90. The summed E-state index contributed by atoms with van der Waals surface area (Å²) < 4.78 is 5.92. The van der Waals surface area contributed by atoms with E-state index in [4.69, 9.17) is 50.6 Å². The van der Waals surface area contributed by atoms with Gasteiger partial charge in [0.25, 0.3) is 0 Å². The van der Waals surface area contributed by atoms with E-state index in [1.165, 1.54) is 0 Å². The van der Waals surface area contributed by atoms with Crippen LogP contribution in [0.3, 0.4) is 0 Å². The molecule has 0 aliphatic rings. The zero-order chi connectivity index (χ0) is 19.6. The molecule has 7 nitrogen and oxygen atoms in total. The molecule has 27 heavy (non-hydrogen) atoms. The summed E-state index contributed by atoms with van der Waals surface area (Å²) in [6.45, 7) is 0. The summed E-state index contributed by atoms with van der Waals surface area (Å²) in [6, 6.07) is 14.1. The van der Waals surface area contributed by atoms with E-state index in [1.807, 2.05) is 24.3 Å². The Hall–Kier alpha value is -3.16. The van der Waals surface area contributed by atoms with Crippen LogP contribution in [0.4, 0.5) is 11.4 Å². The number of benzene rings is 2. The molecule has 9 heteroatoms. The SMILES string of the molecule is NC(N)=Nc1ccc(-c2ccc(-c3ccc(N=C(N)N)c(Cl)c3)o2)cc1Cl. The first-order valence-electron chi connectivity index (χ1n) is 7.72. The van der Waals surface area contributed by atoms with E-state index in [0.717, 1.165) is 11.1 Å². The van der Waals surface area contributed by atoms with Gasteiger partial charge in [-0.05, 0) is 48.5 Å². The summed E-state index contributed by atoms with van der Waals surface area (Å²) in [5.74, 6) is 1.14. The smallest absolute Gasteiger partial charge is 0.191 e. The molecule has 2 aromatic carbocycles. The van der Waals surface area contributed by atoms with Crippen molar-refractivity contribution < 1.29 is 4.42 Å². The lowest BCUT2D eigenvalue weighted by atomic mass is 10.1. The van der Waals surface area contributed by atoms with Gasteiger partial charge in [-0.25, -0.2) is 9.98 Å². The third-order valence-corrected chi connectivity index (χ3v) is 4.17. The molecule has 1 aromatic heterocycles. The second kappa shape index (κ2) is 7.61. The van der Waals surface area contributed by atoms with Gasteiger partial charge in [0.1, 0.15) is 11.5 Å². The van der Waals surface area contributed by atoms with Gasteiger partial charge in [0.15, 0.2) is 11.9 Å².